The minimum absolute atomic E-state index is 0.0773. The zero-order valence-corrected chi connectivity index (χ0v) is 9.73. The van der Waals surface area contributed by atoms with Crippen LogP contribution in [-0.2, 0) is 9.53 Å². The van der Waals surface area contributed by atoms with Crippen LogP contribution in [0.1, 0.15) is 6.92 Å². The highest BCUT2D eigenvalue weighted by molar-refractivity contribution is 6.35. The summed E-state index contributed by atoms with van der Waals surface area (Å²) < 4.78 is 4.76. The van der Waals surface area contributed by atoms with E-state index in [9.17, 15) is 4.79 Å². The molecule has 0 bridgehead atoms. The van der Waals surface area contributed by atoms with Crippen LogP contribution in [0.2, 0.25) is 10.0 Å². The Labute approximate surface area is 98.3 Å². The number of halogens is 2. The number of carbonyl (C=O) groups is 1. The summed E-state index contributed by atoms with van der Waals surface area (Å²) in [5, 5.41) is 3.93. The van der Waals surface area contributed by atoms with Gasteiger partial charge in [0.15, 0.2) is 0 Å². The van der Waals surface area contributed by atoms with Crippen LogP contribution in [0.5, 0.6) is 0 Å². The van der Waals surface area contributed by atoms with E-state index in [1.54, 1.807) is 25.1 Å². The molecule has 0 aromatic heterocycles. The van der Waals surface area contributed by atoms with Crippen LogP contribution in [0.15, 0.2) is 18.2 Å². The van der Waals surface area contributed by atoms with Gasteiger partial charge in [0.05, 0.1) is 17.3 Å². The molecule has 0 radical (unpaired) electrons. The van der Waals surface area contributed by atoms with E-state index >= 15 is 0 Å². The van der Waals surface area contributed by atoms with Crippen molar-refractivity contribution >= 4 is 34.9 Å². The smallest absolute Gasteiger partial charge is 0.325 e. The van der Waals surface area contributed by atoms with E-state index in [2.05, 4.69) is 5.32 Å². The molecule has 3 nitrogen and oxygen atoms in total. The minimum atomic E-state index is -0.325. The summed E-state index contributed by atoms with van der Waals surface area (Å²) >= 11 is 11.7. The first-order valence-electron chi connectivity index (χ1n) is 4.48. The Bertz CT molecular complexity index is 355. The number of hydrogen-bond donors (Lipinski definition) is 1. The van der Waals surface area contributed by atoms with Crippen LogP contribution in [0.3, 0.4) is 0 Å². The second-order valence-electron chi connectivity index (χ2n) is 2.78. The van der Waals surface area contributed by atoms with Crippen molar-refractivity contribution in [3.63, 3.8) is 0 Å². The molecule has 1 N–H and O–H groups in total. The fourth-order valence-corrected chi connectivity index (χ4v) is 1.37. The third-order valence-corrected chi connectivity index (χ3v) is 2.22. The molecule has 0 saturated carbocycles. The molecule has 0 atom stereocenters. The average molecular weight is 248 g/mol. The normalized spacial score (nSPS) is 9.80. The van der Waals surface area contributed by atoms with Gasteiger partial charge in [-0.3, -0.25) is 4.79 Å². The van der Waals surface area contributed by atoms with E-state index in [4.69, 9.17) is 27.9 Å². The second kappa shape index (κ2) is 5.83. The molecule has 5 heteroatoms. The molecule has 1 rings (SSSR count). The summed E-state index contributed by atoms with van der Waals surface area (Å²) in [6.07, 6.45) is 0. The van der Waals surface area contributed by atoms with Crippen molar-refractivity contribution in [3.05, 3.63) is 28.2 Å². The highest BCUT2D eigenvalue weighted by Gasteiger charge is 2.04. The molecule has 0 spiro atoms. The van der Waals surface area contributed by atoms with Gasteiger partial charge < -0.3 is 10.1 Å². The van der Waals surface area contributed by atoms with Gasteiger partial charge in [-0.05, 0) is 25.1 Å². The van der Waals surface area contributed by atoms with Crippen molar-refractivity contribution in [1.82, 2.24) is 0 Å². The molecule has 0 heterocycles. The molecule has 0 fully saturated rings. The Hall–Kier alpha value is -0.930. The maximum Gasteiger partial charge on any atom is 0.325 e. The Balaban J connectivity index is 2.57. The molecule has 0 unspecified atom stereocenters. The number of carbonyl (C=O) groups excluding carboxylic acids is 1. The molecule has 1 aromatic rings. The summed E-state index contributed by atoms with van der Waals surface area (Å²) in [6.45, 7) is 2.20. The van der Waals surface area contributed by atoms with Crippen LogP contribution >= 0.6 is 23.2 Å². The molecule has 0 aliphatic rings. The summed E-state index contributed by atoms with van der Waals surface area (Å²) in [5.74, 6) is -0.325. The largest absolute Gasteiger partial charge is 0.465 e. The SMILES string of the molecule is CCOC(=O)CNc1cc(Cl)ccc1Cl. The fourth-order valence-electron chi connectivity index (χ4n) is 1.01. The molecular formula is C10H11Cl2NO2. The first-order valence-corrected chi connectivity index (χ1v) is 5.23. The van der Waals surface area contributed by atoms with Crippen molar-refractivity contribution in [1.29, 1.82) is 0 Å². The number of anilines is 1. The van der Waals surface area contributed by atoms with Gasteiger partial charge in [0, 0.05) is 5.02 Å². The number of hydrogen-bond acceptors (Lipinski definition) is 3. The number of nitrogens with one attached hydrogen (secondary N) is 1. The summed E-state index contributed by atoms with van der Waals surface area (Å²) in [4.78, 5) is 11.1. The average Bonchev–Trinajstić information content (AvgIpc) is 2.20. The van der Waals surface area contributed by atoms with Gasteiger partial charge >= 0.3 is 5.97 Å². The quantitative estimate of drug-likeness (QED) is 0.832. The monoisotopic (exact) mass is 247 g/mol. The van der Waals surface area contributed by atoms with Gasteiger partial charge in [-0.1, -0.05) is 23.2 Å². The van der Waals surface area contributed by atoms with Crippen molar-refractivity contribution in [2.45, 2.75) is 6.92 Å². The number of esters is 1. The lowest BCUT2D eigenvalue weighted by Gasteiger charge is -2.07. The summed E-state index contributed by atoms with van der Waals surface area (Å²) in [7, 11) is 0. The van der Waals surface area contributed by atoms with Crippen molar-refractivity contribution in [2.75, 3.05) is 18.5 Å². The van der Waals surface area contributed by atoms with Crippen LogP contribution in [0.25, 0.3) is 0 Å². The van der Waals surface area contributed by atoms with E-state index in [0.29, 0.717) is 22.3 Å². The predicted octanol–water partition coefficient (Wildman–Crippen LogP) is 2.97. The van der Waals surface area contributed by atoms with Crippen LogP contribution in [0, 0.1) is 0 Å². The lowest BCUT2D eigenvalue weighted by molar-refractivity contribution is -0.140. The van der Waals surface area contributed by atoms with Crippen molar-refractivity contribution < 1.29 is 9.53 Å². The molecule has 82 valence electrons. The Morgan fingerprint density at radius 2 is 2.20 bits per heavy atom. The fraction of sp³-hybridized carbons (Fsp3) is 0.300. The lowest BCUT2D eigenvalue weighted by Crippen LogP contribution is -2.16. The van der Waals surface area contributed by atoms with Gasteiger partial charge in [0.1, 0.15) is 6.54 Å². The zero-order valence-electron chi connectivity index (χ0n) is 8.22. The van der Waals surface area contributed by atoms with Gasteiger partial charge in [0.2, 0.25) is 0 Å². The molecule has 0 aliphatic heterocycles. The van der Waals surface area contributed by atoms with Crippen molar-refractivity contribution in [3.8, 4) is 0 Å². The number of rotatable bonds is 4. The molecule has 0 amide bonds. The van der Waals surface area contributed by atoms with Gasteiger partial charge in [-0.2, -0.15) is 0 Å². The van der Waals surface area contributed by atoms with E-state index < -0.39 is 0 Å². The summed E-state index contributed by atoms with van der Waals surface area (Å²) in [5.41, 5.74) is 0.622. The van der Waals surface area contributed by atoms with E-state index in [1.165, 1.54) is 0 Å². The Kier molecular flexibility index (Phi) is 4.72. The lowest BCUT2D eigenvalue weighted by atomic mass is 10.3. The minimum Gasteiger partial charge on any atom is -0.465 e. The first kappa shape index (κ1) is 12.1. The Morgan fingerprint density at radius 1 is 1.47 bits per heavy atom. The third kappa shape index (κ3) is 3.98. The highest BCUT2D eigenvalue weighted by atomic mass is 35.5. The highest BCUT2D eigenvalue weighted by Crippen LogP contribution is 2.24. The maximum atomic E-state index is 11.1. The van der Waals surface area contributed by atoms with E-state index in [0.717, 1.165) is 0 Å². The van der Waals surface area contributed by atoms with E-state index in [1.807, 2.05) is 0 Å². The molecule has 15 heavy (non-hydrogen) atoms. The zero-order chi connectivity index (χ0) is 11.3. The Morgan fingerprint density at radius 3 is 2.87 bits per heavy atom. The predicted molar refractivity (Wildman–Crippen MR) is 61.6 cm³/mol. The van der Waals surface area contributed by atoms with Gasteiger partial charge in [0.25, 0.3) is 0 Å². The van der Waals surface area contributed by atoms with Crippen LogP contribution < -0.4 is 5.32 Å². The molecule has 0 saturated heterocycles. The number of benzene rings is 1. The molecular weight excluding hydrogens is 237 g/mol. The maximum absolute atomic E-state index is 11.1. The molecule has 0 aliphatic carbocycles. The number of ether oxygens (including phenoxy) is 1. The van der Waals surface area contributed by atoms with Crippen LogP contribution in [-0.4, -0.2) is 19.1 Å². The topological polar surface area (TPSA) is 38.3 Å². The van der Waals surface area contributed by atoms with E-state index in [-0.39, 0.29) is 12.5 Å². The second-order valence-corrected chi connectivity index (χ2v) is 3.63. The standard InChI is InChI=1S/C10H11Cl2NO2/c1-2-15-10(14)6-13-9-5-7(11)3-4-8(9)12/h3-5,13H,2,6H2,1H3. The summed E-state index contributed by atoms with van der Waals surface area (Å²) in [6, 6.07) is 5.00. The van der Waals surface area contributed by atoms with Gasteiger partial charge in [-0.15, -0.1) is 0 Å². The van der Waals surface area contributed by atoms with Gasteiger partial charge in [-0.25, -0.2) is 0 Å². The van der Waals surface area contributed by atoms with Crippen LogP contribution in [0.4, 0.5) is 5.69 Å². The molecule has 1 aromatic carbocycles. The first-order chi connectivity index (χ1) is 7.13. The van der Waals surface area contributed by atoms with Crippen molar-refractivity contribution in [2.24, 2.45) is 0 Å². The third-order valence-electron chi connectivity index (χ3n) is 1.66.